The fraction of sp³-hybridized carbons (Fsp3) is 0.286. The van der Waals surface area contributed by atoms with Gasteiger partial charge in [0.2, 0.25) is 0 Å². The fourth-order valence-electron chi connectivity index (χ4n) is 4.83. The summed E-state index contributed by atoms with van der Waals surface area (Å²) in [5, 5.41) is 11.2. The predicted molar refractivity (Wildman–Crippen MR) is 97.3 cm³/mol. The van der Waals surface area contributed by atoms with Gasteiger partial charge in [-0.2, -0.15) is 0 Å². The Kier molecular flexibility index (Phi) is 3.00. The summed E-state index contributed by atoms with van der Waals surface area (Å²) in [6, 6.07) is 4.66. The lowest BCUT2D eigenvalue weighted by Crippen LogP contribution is -2.32. The lowest BCUT2D eigenvalue weighted by atomic mass is 9.87. The molecule has 0 radical (unpaired) electrons. The Bertz CT molecular complexity index is 1290. The third-order valence-electron chi connectivity index (χ3n) is 6.09. The van der Waals surface area contributed by atoms with Crippen LogP contribution in [0, 0.1) is 5.82 Å². The first-order valence-corrected chi connectivity index (χ1v) is 9.28. The molecule has 140 valence electrons. The van der Waals surface area contributed by atoms with E-state index in [1.807, 2.05) is 0 Å². The van der Waals surface area contributed by atoms with Crippen LogP contribution in [0.25, 0.3) is 22.3 Å². The SMILES string of the molecule is O=C1OCc2c(cc3n(c2=O)Cc2c-3nc3cc(F)cc4c3c2CCC4)[C@@H]1O. The van der Waals surface area contributed by atoms with Crippen molar-refractivity contribution in [2.75, 3.05) is 0 Å². The van der Waals surface area contributed by atoms with E-state index in [2.05, 4.69) is 0 Å². The van der Waals surface area contributed by atoms with Gasteiger partial charge in [-0.3, -0.25) is 4.79 Å². The summed E-state index contributed by atoms with van der Waals surface area (Å²) < 4.78 is 20.6. The summed E-state index contributed by atoms with van der Waals surface area (Å²) in [5.41, 5.74) is 5.12. The van der Waals surface area contributed by atoms with Gasteiger partial charge in [0.15, 0.2) is 6.10 Å². The van der Waals surface area contributed by atoms with Gasteiger partial charge in [0.05, 0.1) is 29.0 Å². The van der Waals surface area contributed by atoms with Crippen LogP contribution in [0.1, 0.15) is 40.3 Å². The second-order valence-electron chi connectivity index (χ2n) is 7.60. The molecule has 4 heterocycles. The van der Waals surface area contributed by atoms with Crippen molar-refractivity contribution in [1.82, 2.24) is 9.55 Å². The lowest BCUT2D eigenvalue weighted by molar-refractivity contribution is -0.157. The minimum atomic E-state index is -1.48. The van der Waals surface area contributed by atoms with Crippen molar-refractivity contribution in [2.24, 2.45) is 0 Å². The highest BCUT2D eigenvalue weighted by Crippen LogP contribution is 2.41. The third kappa shape index (κ3) is 1.91. The van der Waals surface area contributed by atoms with E-state index in [0.717, 1.165) is 41.3 Å². The Labute approximate surface area is 158 Å². The van der Waals surface area contributed by atoms with Gasteiger partial charge in [0.25, 0.3) is 5.56 Å². The summed E-state index contributed by atoms with van der Waals surface area (Å²) in [5.74, 6) is -1.08. The Morgan fingerprint density at radius 1 is 1.14 bits per heavy atom. The number of esters is 1. The number of aliphatic hydroxyl groups is 1. The number of nitrogens with zero attached hydrogens (tertiary/aromatic N) is 2. The monoisotopic (exact) mass is 378 g/mol. The second-order valence-corrected chi connectivity index (χ2v) is 7.60. The second kappa shape index (κ2) is 5.26. The summed E-state index contributed by atoms with van der Waals surface area (Å²) in [6.07, 6.45) is 1.11. The normalized spacial score (nSPS) is 19.2. The minimum absolute atomic E-state index is 0.141. The number of cyclic esters (lactones) is 1. The molecule has 2 aliphatic heterocycles. The van der Waals surface area contributed by atoms with Gasteiger partial charge in [0, 0.05) is 22.6 Å². The molecule has 0 saturated carbocycles. The van der Waals surface area contributed by atoms with E-state index in [1.165, 1.54) is 6.07 Å². The molecule has 1 N–H and O–H groups in total. The summed E-state index contributed by atoms with van der Waals surface area (Å²) >= 11 is 0. The fourth-order valence-corrected chi connectivity index (χ4v) is 4.83. The van der Waals surface area contributed by atoms with Crippen LogP contribution in [0.15, 0.2) is 23.0 Å². The van der Waals surface area contributed by atoms with Gasteiger partial charge < -0.3 is 14.4 Å². The molecule has 0 saturated heterocycles. The van der Waals surface area contributed by atoms with Crippen molar-refractivity contribution >= 4 is 16.9 Å². The standard InChI is InChI=1S/C21H15FN2O4/c22-10-4-9-2-1-3-11-13-7-24-16(18(13)23-15(5-10)17(9)11)6-12-14(20(24)26)8-28-21(27)19(12)25/h4-6,19,25H,1-3,7-8H2/t19-/m0/s1. The van der Waals surface area contributed by atoms with E-state index in [9.17, 15) is 19.1 Å². The van der Waals surface area contributed by atoms with Crippen LogP contribution in [0.5, 0.6) is 0 Å². The highest BCUT2D eigenvalue weighted by Gasteiger charge is 2.35. The lowest BCUT2D eigenvalue weighted by Gasteiger charge is -2.21. The predicted octanol–water partition coefficient (Wildman–Crippen LogP) is 2.14. The van der Waals surface area contributed by atoms with Crippen molar-refractivity contribution in [3.63, 3.8) is 0 Å². The number of aromatic nitrogens is 2. The zero-order valence-electron chi connectivity index (χ0n) is 14.8. The van der Waals surface area contributed by atoms with Crippen LogP contribution in [-0.4, -0.2) is 20.6 Å². The number of pyridine rings is 2. The molecule has 7 heteroatoms. The number of hydrogen-bond acceptors (Lipinski definition) is 5. The number of carbonyl (C=O) groups excluding carboxylic acids is 1. The van der Waals surface area contributed by atoms with Gasteiger partial charge >= 0.3 is 5.97 Å². The summed E-state index contributed by atoms with van der Waals surface area (Å²) in [6.45, 7) is 0.244. The van der Waals surface area contributed by atoms with E-state index in [1.54, 1.807) is 16.7 Å². The van der Waals surface area contributed by atoms with Crippen molar-refractivity contribution in [2.45, 2.75) is 38.5 Å². The molecule has 2 aromatic heterocycles. The molecule has 0 fully saturated rings. The molecule has 3 aliphatic rings. The average Bonchev–Trinajstić information content (AvgIpc) is 3.04. The van der Waals surface area contributed by atoms with E-state index in [4.69, 9.17) is 9.72 Å². The number of aryl methyl sites for hydroxylation is 2. The zero-order valence-corrected chi connectivity index (χ0v) is 14.8. The molecule has 0 unspecified atom stereocenters. The molecular weight excluding hydrogens is 363 g/mol. The molecule has 28 heavy (non-hydrogen) atoms. The van der Waals surface area contributed by atoms with E-state index >= 15 is 0 Å². The Morgan fingerprint density at radius 3 is 2.86 bits per heavy atom. The Hall–Kier alpha value is -3.06. The van der Waals surface area contributed by atoms with Crippen LogP contribution < -0.4 is 5.56 Å². The largest absolute Gasteiger partial charge is 0.458 e. The first kappa shape index (κ1) is 15.9. The number of ether oxygens (including phenoxy) is 1. The van der Waals surface area contributed by atoms with Gasteiger partial charge in [-0.05, 0) is 42.5 Å². The smallest absolute Gasteiger partial charge is 0.340 e. The van der Waals surface area contributed by atoms with Crippen molar-refractivity contribution in [3.8, 4) is 11.4 Å². The highest BCUT2D eigenvalue weighted by molar-refractivity contribution is 5.91. The van der Waals surface area contributed by atoms with Gasteiger partial charge in [-0.1, -0.05) is 0 Å². The first-order valence-electron chi connectivity index (χ1n) is 9.28. The Balaban J connectivity index is 1.68. The third-order valence-corrected chi connectivity index (χ3v) is 6.09. The maximum atomic E-state index is 14.1. The number of carbonyl (C=O) groups is 1. The summed E-state index contributed by atoms with van der Waals surface area (Å²) in [4.78, 5) is 29.5. The quantitative estimate of drug-likeness (QED) is 0.474. The molecule has 1 atom stereocenters. The Morgan fingerprint density at radius 2 is 2.00 bits per heavy atom. The van der Waals surface area contributed by atoms with Crippen LogP contribution in [-0.2, 0) is 35.5 Å². The number of fused-ring (bicyclic) bond motifs is 5. The number of halogens is 1. The van der Waals surface area contributed by atoms with Crippen LogP contribution in [0.2, 0.25) is 0 Å². The molecule has 3 aromatic rings. The van der Waals surface area contributed by atoms with Gasteiger partial charge in [-0.25, -0.2) is 14.2 Å². The molecule has 6 rings (SSSR count). The van der Waals surface area contributed by atoms with E-state index in [0.29, 0.717) is 29.0 Å². The topological polar surface area (TPSA) is 81.4 Å². The maximum absolute atomic E-state index is 14.1. The maximum Gasteiger partial charge on any atom is 0.340 e. The van der Waals surface area contributed by atoms with Crippen molar-refractivity contribution in [1.29, 1.82) is 0 Å². The van der Waals surface area contributed by atoms with E-state index < -0.39 is 12.1 Å². The highest BCUT2D eigenvalue weighted by atomic mass is 19.1. The average molecular weight is 378 g/mol. The minimum Gasteiger partial charge on any atom is -0.458 e. The first-order chi connectivity index (χ1) is 13.5. The number of rotatable bonds is 0. The number of hydrogen-bond donors (Lipinski definition) is 1. The number of aliphatic hydroxyl groups excluding tert-OH is 1. The van der Waals surface area contributed by atoms with Crippen LogP contribution >= 0.6 is 0 Å². The molecule has 0 bridgehead atoms. The number of benzene rings is 1. The molecule has 6 nitrogen and oxygen atoms in total. The van der Waals surface area contributed by atoms with Crippen molar-refractivity contribution in [3.05, 3.63) is 62.2 Å². The van der Waals surface area contributed by atoms with Crippen LogP contribution in [0.4, 0.5) is 4.39 Å². The zero-order chi connectivity index (χ0) is 19.2. The van der Waals surface area contributed by atoms with Crippen molar-refractivity contribution < 1.29 is 19.0 Å². The molecule has 1 aromatic carbocycles. The summed E-state index contributed by atoms with van der Waals surface area (Å²) in [7, 11) is 0. The molecule has 0 spiro atoms. The van der Waals surface area contributed by atoms with Gasteiger partial charge in [-0.15, -0.1) is 0 Å². The molecule has 0 amide bonds. The van der Waals surface area contributed by atoms with E-state index in [-0.39, 0.29) is 23.5 Å². The van der Waals surface area contributed by atoms with Crippen LogP contribution in [0.3, 0.4) is 0 Å². The molecule has 1 aliphatic carbocycles. The molecular formula is C21H15FN2O4. The van der Waals surface area contributed by atoms with Gasteiger partial charge in [0.1, 0.15) is 12.4 Å².